The second-order valence-electron chi connectivity index (χ2n) is 6.10. The van der Waals surface area contributed by atoms with Crippen molar-refractivity contribution in [2.24, 2.45) is 0 Å². The topological polar surface area (TPSA) is 32.8 Å². The smallest absolute Gasteiger partial charge is 0.419 e. The molecule has 0 spiro atoms. The van der Waals surface area contributed by atoms with Crippen LogP contribution >= 0.6 is 0 Å². The SMILES string of the molecule is O=C(COc1ccccc1C(F)(F)F)N1CCN(c2ccccc2F)CC1. The average Bonchev–Trinajstić information content (AvgIpc) is 2.66. The Kier molecular flexibility index (Phi) is 5.53. The molecular weight excluding hydrogens is 364 g/mol. The Hall–Kier alpha value is -2.77. The zero-order valence-electron chi connectivity index (χ0n) is 14.4. The van der Waals surface area contributed by atoms with Crippen molar-refractivity contribution in [3.63, 3.8) is 0 Å². The number of hydrogen-bond acceptors (Lipinski definition) is 3. The molecule has 1 aliphatic rings. The molecular formula is C19H18F4N2O2. The maximum atomic E-state index is 13.8. The zero-order valence-corrected chi connectivity index (χ0v) is 14.4. The molecule has 0 radical (unpaired) electrons. The number of anilines is 1. The first-order valence-electron chi connectivity index (χ1n) is 8.42. The minimum Gasteiger partial charge on any atom is -0.483 e. The van der Waals surface area contributed by atoms with E-state index in [9.17, 15) is 22.4 Å². The molecule has 1 saturated heterocycles. The van der Waals surface area contributed by atoms with Gasteiger partial charge in [-0.3, -0.25) is 4.79 Å². The van der Waals surface area contributed by atoms with Gasteiger partial charge in [-0.15, -0.1) is 0 Å². The molecule has 0 unspecified atom stereocenters. The number of rotatable bonds is 4. The number of piperazine rings is 1. The highest BCUT2D eigenvalue weighted by molar-refractivity contribution is 5.78. The number of amides is 1. The van der Waals surface area contributed by atoms with Gasteiger partial charge in [-0.05, 0) is 24.3 Å². The van der Waals surface area contributed by atoms with Gasteiger partial charge >= 0.3 is 6.18 Å². The lowest BCUT2D eigenvalue weighted by molar-refractivity contribution is -0.141. The molecule has 0 bridgehead atoms. The van der Waals surface area contributed by atoms with Crippen LogP contribution in [0.25, 0.3) is 0 Å². The number of halogens is 4. The van der Waals surface area contributed by atoms with Gasteiger partial charge < -0.3 is 14.5 Å². The number of alkyl halides is 3. The van der Waals surface area contributed by atoms with E-state index < -0.39 is 24.3 Å². The first-order chi connectivity index (χ1) is 12.9. The van der Waals surface area contributed by atoms with Crippen molar-refractivity contribution < 1.29 is 27.1 Å². The Balaban J connectivity index is 1.56. The minimum atomic E-state index is -4.55. The van der Waals surface area contributed by atoms with E-state index in [1.807, 2.05) is 4.90 Å². The molecule has 4 nitrogen and oxygen atoms in total. The Morgan fingerprint density at radius 1 is 0.963 bits per heavy atom. The number of benzene rings is 2. The monoisotopic (exact) mass is 382 g/mol. The summed E-state index contributed by atoms with van der Waals surface area (Å²) in [5.41, 5.74) is -0.442. The van der Waals surface area contributed by atoms with E-state index in [0.717, 1.165) is 6.07 Å². The van der Waals surface area contributed by atoms with Gasteiger partial charge in [0, 0.05) is 26.2 Å². The average molecular weight is 382 g/mol. The first-order valence-corrected chi connectivity index (χ1v) is 8.42. The highest BCUT2D eigenvalue weighted by atomic mass is 19.4. The number of hydrogen-bond donors (Lipinski definition) is 0. The van der Waals surface area contributed by atoms with E-state index >= 15 is 0 Å². The van der Waals surface area contributed by atoms with Crippen LogP contribution in [-0.4, -0.2) is 43.6 Å². The molecule has 0 aromatic heterocycles. The summed E-state index contributed by atoms with van der Waals surface area (Å²) in [7, 11) is 0. The lowest BCUT2D eigenvalue weighted by atomic mass is 10.2. The van der Waals surface area contributed by atoms with Gasteiger partial charge in [-0.2, -0.15) is 13.2 Å². The maximum absolute atomic E-state index is 13.8. The Morgan fingerprint density at radius 2 is 1.59 bits per heavy atom. The number of carbonyl (C=O) groups is 1. The summed E-state index contributed by atoms with van der Waals surface area (Å²) in [6, 6.07) is 11.2. The molecule has 2 aromatic rings. The Labute approximate surface area is 153 Å². The van der Waals surface area contributed by atoms with E-state index in [2.05, 4.69) is 0 Å². The number of para-hydroxylation sites is 2. The van der Waals surface area contributed by atoms with Gasteiger partial charge in [0.2, 0.25) is 0 Å². The normalized spacial score (nSPS) is 15.0. The summed E-state index contributed by atoms with van der Waals surface area (Å²) >= 11 is 0. The van der Waals surface area contributed by atoms with Crippen LogP contribution in [0.3, 0.4) is 0 Å². The standard InChI is InChI=1S/C19H18F4N2O2/c20-15-6-2-3-7-16(15)24-9-11-25(12-10-24)18(26)13-27-17-8-4-1-5-14(17)19(21,22)23/h1-8H,9-13H2. The highest BCUT2D eigenvalue weighted by Crippen LogP contribution is 2.35. The molecule has 144 valence electrons. The van der Waals surface area contributed by atoms with Crippen molar-refractivity contribution in [2.45, 2.75) is 6.18 Å². The third kappa shape index (κ3) is 4.50. The predicted molar refractivity (Wildman–Crippen MR) is 92.1 cm³/mol. The molecule has 0 atom stereocenters. The van der Waals surface area contributed by atoms with E-state index in [4.69, 9.17) is 4.74 Å². The summed E-state index contributed by atoms with van der Waals surface area (Å²) < 4.78 is 57.8. The number of nitrogens with zero attached hydrogens (tertiary/aromatic N) is 2. The molecule has 27 heavy (non-hydrogen) atoms. The van der Waals surface area contributed by atoms with Gasteiger partial charge in [0.1, 0.15) is 11.6 Å². The summed E-state index contributed by atoms with van der Waals surface area (Å²) in [4.78, 5) is 15.6. The van der Waals surface area contributed by atoms with Crippen molar-refractivity contribution in [1.82, 2.24) is 4.90 Å². The van der Waals surface area contributed by atoms with Gasteiger partial charge in [0.15, 0.2) is 6.61 Å². The fourth-order valence-electron chi connectivity index (χ4n) is 2.96. The van der Waals surface area contributed by atoms with Crippen molar-refractivity contribution in [3.8, 4) is 5.75 Å². The molecule has 2 aromatic carbocycles. The minimum absolute atomic E-state index is 0.329. The molecule has 8 heteroatoms. The second kappa shape index (κ2) is 7.85. The van der Waals surface area contributed by atoms with Crippen LogP contribution in [0.1, 0.15) is 5.56 Å². The fraction of sp³-hybridized carbons (Fsp3) is 0.316. The van der Waals surface area contributed by atoms with Crippen LogP contribution in [0.15, 0.2) is 48.5 Å². The van der Waals surface area contributed by atoms with Gasteiger partial charge in [0.25, 0.3) is 5.91 Å². The lowest BCUT2D eigenvalue weighted by Crippen LogP contribution is -2.50. The number of carbonyl (C=O) groups excluding carboxylic acids is 1. The molecule has 3 rings (SSSR count). The van der Waals surface area contributed by atoms with Crippen LogP contribution < -0.4 is 9.64 Å². The summed E-state index contributed by atoms with van der Waals surface area (Å²) in [6.45, 7) is 1.08. The van der Waals surface area contributed by atoms with Crippen LogP contribution in [0.2, 0.25) is 0 Å². The van der Waals surface area contributed by atoms with Crippen LogP contribution in [-0.2, 0) is 11.0 Å². The van der Waals surface area contributed by atoms with E-state index in [1.54, 1.807) is 18.2 Å². The van der Waals surface area contributed by atoms with Crippen molar-refractivity contribution in [1.29, 1.82) is 0 Å². The van der Waals surface area contributed by atoms with E-state index in [0.29, 0.717) is 31.9 Å². The molecule has 1 heterocycles. The van der Waals surface area contributed by atoms with E-state index in [1.165, 1.54) is 29.2 Å². The maximum Gasteiger partial charge on any atom is 0.419 e. The van der Waals surface area contributed by atoms with Crippen molar-refractivity contribution >= 4 is 11.6 Å². The van der Waals surface area contributed by atoms with Crippen molar-refractivity contribution in [3.05, 3.63) is 59.9 Å². The number of ether oxygens (including phenoxy) is 1. The van der Waals surface area contributed by atoms with Crippen LogP contribution in [0.4, 0.5) is 23.2 Å². The molecule has 0 aliphatic carbocycles. The Morgan fingerprint density at radius 3 is 2.26 bits per heavy atom. The molecule has 0 N–H and O–H groups in total. The van der Waals surface area contributed by atoms with Gasteiger partial charge in [-0.1, -0.05) is 24.3 Å². The van der Waals surface area contributed by atoms with Crippen LogP contribution in [0.5, 0.6) is 5.75 Å². The third-order valence-electron chi connectivity index (χ3n) is 4.37. The predicted octanol–water partition coefficient (Wildman–Crippen LogP) is 3.57. The quantitative estimate of drug-likeness (QED) is 0.758. The molecule has 1 aliphatic heterocycles. The zero-order chi connectivity index (χ0) is 19.4. The van der Waals surface area contributed by atoms with Gasteiger partial charge in [0.05, 0.1) is 11.3 Å². The second-order valence-corrected chi connectivity index (χ2v) is 6.10. The molecule has 1 fully saturated rings. The summed E-state index contributed by atoms with van der Waals surface area (Å²) in [5.74, 6) is -1.10. The fourth-order valence-corrected chi connectivity index (χ4v) is 2.96. The summed E-state index contributed by atoms with van der Waals surface area (Å²) in [5, 5.41) is 0. The largest absolute Gasteiger partial charge is 0.483 e. The third-order valence-corrected chi connectivity index (χ3v) is 4.37. The molecule has 0 saturated carbocycles. The first kappa shape index (κ1) is 19.0. The van der Waals surface area contributed by atoms with Crippen molar-refractivity contribution in [2.75, 3.05) is 37.7 Å². The van der Waals surface area contributed by atoms with Gasteiger partial charge in [-0.25, -0.2) is 4.39 Å². The summed E-state index contributed by atoms with van der Waals surface area (Å²) in [6.07, 6.45) is -4.55. The lowest BCUT2D eigenvalue weighted by Gasteiger charge is -2.36. The molecule has 1 amide bonds. The highest BCUT2D eigenvalue weighted by Gasteiger charge is 2.34. The van der Waals surface area contributed by atoms with Crippen LogP contribution in [0, 0.1) is 5.82 Å². The van der Waals surface area contributed by atoms with E-state index in [-0.39, 0.29) is 11.6 Å². The Bertz CT molecular complexity index is 802.